The normalized spacial score (nSPS) is 13.4. The second-order valence-corrected chi connectivity index (χ2v) is 6.96. The van der Waals surface area contributed by atoms with Gasteiger partial charge in [0.2, 0.25) is 5.91 Å². The van der Waals surface area contributed by atoms with Crippen molar-refractivity contribution >= 4 is 29.0 Å². The van der Waals surface area contributed by atoms with Crippen molar-refractivity contribution in [2.24, 2.45) is 0 Å². The highest BCUT2D eigenvalue weighted by molar-refractivity contribution is 7.10. The first-order valence-corrected chi connectivity index (χ1v) is 9.16. The highest BCUT2D eigenvalue weighted by atomic mass is 32.1. The molecule has 1 N–H and O–H groups in total. The van der Waals surface area contributed by atoms with Crippen LogP contribution in [0.25, 0.3) is 0 Å². The van der Waals surface area contributed by atoms with Gasteiger partial charge in [0.05, 0.1) is 19.1 Å². The first-order chi connectivity index (χ1) is 12.5. The molecule has 2 aromatic rings. The van der Waals surface area contributed by atoms with Crippen molar-refractivity contribution < 1.29 is 23.9 Å². The van der Waals surface area contributed by atoms with E-state index in [0.717, 1.165) is 22.6 Å². The SMILES string of the molecule is CC(=O)NC(CC(=O)OCC(=O)c1ccc2c(c1)CCO2)c1cccs1. The molecule has 136 valence electrons. The number of rotatable bonds is 7. The summed E-state index contributed by atoms with van der Waals surface area (Å²) in [6.45, 7) is 1.69. The Morgan fingerprint density at radius 2 is 2.15 bits per heavy atom. The van der Waals surface area contributed by atoms with E-state index in [1.54, 1.807) is 18.2 Å². The van der Waals surface area contributed by atoms with Crippen molar-refractivity contribution in [2.45, 2.75) is 25.8 Å². The lowest BCUT2D eigenvalue weighted by Gasteiger charge is -2.15. The highest BCUT2D eigenvalue weighted by Crippen LogP contribution is 2.26. The summed E-state index contributed by atoms with van der Waals surface area (Å²) in [6.07, 6.45) is 0.751. The van der Waals surface area contributed by atoms with E-state index in [-0.39, 0.29) is 24.7 Å². The number of hydrogen-bond acceptors (Lipinski definition) is 6. The lowest BCUT2D eigenvalue weighted by Crippen LogP contribution is -2.28. The molecule has 1 aromatic carbocycles. The number of carbonyl (C=O) groups excluding carboxylic acids is 3. The van der Waals surface area contributed by atoms with E-state index in [0.29, 0.717) is 12.2 Å². The van der Waals surface area contributed by atoms with Crippen LogP contribution < -0.4 is 10.1 Å². The van der Waals surface area contributed by atoms with Crippen molar-refractivity contribution in [1.82, 2.24) is 5.32 Å². The Morgan fingerprint density at radius 1 is 1.31 bits per heavy atom. The monoisotopic (exact) mass is 373 g/mol. The van der Waals surface area contributed by atoms with E-state index in [1.807, 2.05) is 17.5 Å². The molecule has 1 aromatic heterocycles. The van der Waals surface area contributed by atoms with Crippen LogP contribution in [0.3, 0.4) is 0 Å². The summed E-state index contributed by atoms with van der Waals surface area (Å²) in [5, 5.41) is 4.60. The van der Waals surface area contributed by atoms with Crippen LogP contribution in [0.5, 0.6) is 5.75 Å². The van der Waals surface area contributed by atoms with Gasteiger partial charge >= 0.3 is 5.97 Å². The van der Waals surface area contributed by atoms with E-state index in [4.69, 9.17) is 9.47 Å². The van der Waals surface area contributed by atoms with Gasteiger partial charge < -0.3 is 14.8 Å². The fraction of sp³-hybridized carbons (Fsp3) is 0.316. The van der Waals surface area contributed by atoms with Crippen LogP contribution in [0.4, 0.5) is 0 Å². The predicted molar refractivity (Wildman–Crippen MR) is 96.4 cm³/mol. The quantitative estimate of drug-likeness (QED) is 0.596. The first-order valence-electron chi connectivity index (χ1n) is 8.28. The zero-order chi connectivity index (χ0) is 18.5. The van der Waals surface area contributed by atoms with Crippen molar-refractivity contribution in [3.05, 3.63) is 51.7 Å². The average molecular weight is 373 g/mol. The standard InChI is InChI=1S/C19H19NO5S/c1-12(21)20-15(18-3-2-8-26-18)10-19(23)25-11-16(22)13-4-5-17-14(9-13)6-7-24-17/h2-5,8-9,15H,6-7,10-11H2,1H3,(H,20,21). The molecular formula is C19H19NO5S. The largest absolute Gasteiger partial charge is 0.493 e. The topological polar surface area (TPSA) is 81.7 Å². The van der Waals surface area contributed by atoms with E-state index < -0.39 is 12.0 Å². The smallest absolute Gasteiger partial charge is 0.308 e. The maximum atomic E-state index is 12.3. The number of ether oxygens (including phenoxy) is 2. The Balaban J connectivity index is 1.55. The lowest BCUT2D eigenvalue weighted by molar-refractivity contribution is -0.143. The molecule has 0 fully saturated rings. The molecule has 0 bridgehead atoms. The summed E-state index contributed by atoms with van der Waals surface area (Å²) < 4.78 is 10.5. The van der Waals surface area contributed by atoms with Gasteiger partial charge in [-0.1, -0.05) is 6.07 Å². The second-order valence-electron chi connectivity index (χ2n) is 5.98. The predicted octanol–water partition coefficient (Wildman–Crippen LogP) is 2.68. The van der Waals surface area contributed by atoms with E-state index >= 15 is 0 Å². The number of fused-ring (bicyclic) bond motifs is 1. The molecule has 0 aliphatic carbocycles. The first kappa shape index (κ1) is 18.1. The summed E-state index contributed by atoms with van der Waals surface area (Å²) in [4.78, 5) is 36.6. The third-order valence-electron chi connectivity index (χ3n) is 4.01. The molecule has 2 heterocycles. The van der Waals surface area contributed by atoms with Crippen LogP contribution in [0.1, 0.15) is 40.2 Å². The molecule has 0 radical (unpaired) electrons. The Labute approximate surface area is 155 Å². The zero-order valence-corrected chi connectivity index (χ0v) is 15.1. The summed E-state index contributed by atoms with van der Waals surface area (Å²) in [7, 11) is 0. The third kappa shape index (κ3) is 4.49. The Morgan fingerprint density at radius 3 is 2.88 bits per heavy atom. The van der Waals surface area contributed by atoms with Gasteiger partial charge in [0.15, 0.2) is 12.4 Å². The van der Waals surface area contributed by atoms with E-state index in [9.17, 15) is 14.4 Å². The van der Waals surface area contributed by atoms with Crippen molar-refractivity contribution in [2.75, 3.05) is 13.2 Å². The van der Waals surface area contributed by atoms with Crippen molar-refractivity contribution in [3.8, 4) is 5.75 Å². The number of hydrogen-bond donors (Lipinski definition) is 1. The fourth-order valence-corrected chi connectivity index (χ4v) is 3.55. The molecule has 0 saturated carbocycles. The van der Waals surface area contributed by atoms with Gasteiger partial charge in [-0.25, -0.2) is 0 Å². The van der Waals surface area contributed by atoms with Gasteiger partial charge in [-0.2, -0.15) is 0 Å². The molecule has 1 unspecified atom stereocenters. The van der Waals surface area contributed by atoms with Crippen LogP contribution in [0, 0.1) is 0 Å². The number of carbonyl (C=O) groups is 3. The summed E-state index contributed by atoms with van der Waals surface area (Å²) in [5.41, 5.74) is 1.49. The Kier molecular flexibility index (Phi) is 5.68. The fourth-order valence-electron chi connectivity index (χ4n) is 2.77. The minimum Gasteiger partial charge on any atom is -0.493 e. The van der Waals surface area contributed by atoms with Gasteiger partial charge in [0.25, 0.3) is 0 Å². The second kappa shape index (κ2) is 8.14. The third-order valence-corrected chi connectivity index (χ3v) is 5.00. The minimum absolute atomic E-state index is 0.0224. The maximum absolute atomic E-state index is 12.3. The van der Waals surface area contributed by atoms with Gasteiger partial charge in [-0.05, 0) is 35.2 Å². The molecule has 1 amide bonds. The molecular weight excluding hydrogens is 354 g/mol. The zero-order valence-electron chi connectivity index (χ0n) is 14.3. The van der Waals surface area contributed by atoms with Crippen LogP contribution in [0.2, 0.25) is 0 Å². The van der Waals surface area contributed by atoms with Gasteiger partial charge in [-0.15, -0.1) is 11.3 Å². The average Bonchev–Trinajstić information content (AvgIpc) is 3.29. The highest BCUT2D eigenvalue weighted by Gasteiger charge is 2.20. The molecule has 0 saturated heterocycles. The Hall–Kier alpha value is -2.67. The molecule has 1 atom stereocenters. The summed E-state index contributed by atoms with van der Waals surface area (Å²) in [6, 6.07) is 8.46. The molecule has 7 heteroatoms. The molecule has 6 nitrogen and oxygen atoms in total. The van der Waals surface area contributed by atoms with Crippen LogP contribution in [0.15, 0.2) is 35.7 Å². The number of Topliss-reactive ketones (excluding diaryl/α,β-unsaturated/α-hetero) is 1. The lowest BCUT2D eigenvalue weighted by atomic mass is 10.1. The number of nitrogens with one attached hydrogen (secondary N) is 1. The van der Waals surface area contributed by atoms with Crippen LogP contribution in [-0.4, -0.2) is 30.9 Å². The van der Waals surface area contributed by atoms with Gasteiger partial charge in [-0.3, -0.25) is 14.4 Å². The summed E-state index contributed by atoms with van der Waals surface area (Å²) in [5.74, 6) is -0.226. The van der Waals surface area contributed by atoms with Gasteiger partial charge in [0, 0.05) is 23.8 Å². The maximum Gasteiger partial charge on any atom is 0.308 e. The number of ketones is 1. The molecule has 1 aliphatic heterocycles. The van der Waals surface area contributed by atoms with Crippen LogP contribution >= 0.6 is 11.3 Å². The number of thiophene rings is 1. The molecule has 1 aliphatic rings. The number of esters is 1. The Bertz CT molecular complexity index is 815. The molecule has 3 rings (SSSR count). The number of benzene rings is 1. The van der Waals surface area contributed by atoms with Gasteiger partial charge in [0.1, 0.15) is 5.75 Å². The molecule has 26 heavy (non-hydrogen) atoms. The van der Waals surface area contributed by atoms with E-state index in [2.05, 4.69) is 5.32 Å². The molecule has 0 spiro atoms. The van der Waals surface area contributed by atoms with Crippen LogP contribution in [-0.2, 0) is 20.7 Å². The van der Waals surface area contributed by atoms with Crippen molar-refractivity contribution in [1.29, 1.82) is 0 Å². The number of amides is 1. The summed E-state index contributed by atoms with van der Waals surface area (Å²) >= 11 is 1.45. The van der Waals surface area contributed by atoms with Crippen molar-refractivity contribution in [3.63, 3.8) is 0 Å². The van der Waals surface area contributed by atoms with E-state index in [1.165, 1.54) is 18.3 Å². The minimum atomic E-state index is -0.532.